The van der Waals surface area contributed by atoms with E-state index in [-0.39, 0.29) is 11.3 Å². The molecule has 1 amide bonds. The summed E-state index contributed by atoms with van der Waals surface area (Å²) in [4.78, 5) is 15.1. The zero-order valence-electron chi connectivity index (χ0n) is 18.8. The number of sulfone groups is 1. The minimum atomic E-state index is -3.19. The molecule has 1 aliphatic heterocycles. The van der Waals surface area contributed by atoms with Crippen molar-refractivity contribution < 1.29 is 13.2 Å². The van der Waals surface area contributed by atoms with Crippen LogP contribution in [0.15, 0.2) is 35.2 Å². The number of carbonyl (C=O) groups excluding carboxylic acids is 1. The predicted octanol–water partition coefficient (Wildman–Crippen LogP) is 4.64. The van der Waals surface area contributed by atoms with Crippen LogP contribution in [0.1, 0.15) is 49.4 Å². The molecule has 0 fully saturated rings. The lowest BCUT2D eigenvalue weighted by Gasteiger charge is -2.32. The van der Waals surface area contributed by atoms with Crippen molar-refractivity contribution in [1.29, 1.82) is 0 Å². The van der Waals surface area contributed by atoms with Gasteiger partial charge in [-0.05, 0) is 72.2 Å². The topological polar surface area (TPSA) is 66.5 Å². The Labute approximate surface area is 180 Å². The maximum absolute atomic E-state index is 12.4. The Morgan fingerprint density at radius 1 is 1.07 bits per heavy atom. The van der Waals surface area contributed by atoms with E-state index in [0.29, 0.717) is 11.3 Å². The molecule has 0 atom stereocenters. The first-order chi connectivity index (χ1) is 13.8. The van der Waals surface area contributed by atoms with E-state index in [0.717, 1.165) is 53.1 Å². The molecule has 1 aliphatic rings. The molecule has 30 heavy (non-hydrogen) atoms. The van der Waals surface area contributed by atoms with Gasteiger partial charge in [-0.2, -0.15) is 0 Å². The summed E-state index contributed by atoms with van der Waals surface area (Å²) >= 11 is 0. The van der Waals surface area contributed by atoms with E-state index in [2.05, 4.69) is 43.1 Å². The largest absolute Gasteiger partial charge is 0.367 e. The van der Waals surface area contributed by atoms with Crippen LogP contribution in [0.2, 0.25) is 0 Å². The molecular weight excluding hydrogens is 396 g/mol. The van der Waals surface area contributed by atoms with Crippen molar-refractivity contribution in [2.75, 3.05) is 23.0 Å². The number of nitrogens with one attached hydrogen (secondary N) is 1. The average Bonchev–Trinajstić information content (AvgIpc) is 2.61. The van der Waals surface area contributed by atoms with E-state index < -0.39 is 9.84 Å². The summed E-state index contributed by atoms with van der Waals surface area (Å²) in [5, 5.41) is 3.09. The fourth-order valence-corrected chi connectivity index (χ4v) is 4.64. The fraction of sp³-hybridized carbons (Fsp3) is 0.458. The molecule has 1 N–H and O–H groups in total. The number of rotatable bonds is 4. The van der Waals surface area contributed by atoms with Crippen LogP contribution < -0.4 is 10.2 Å². The minimum Gasteiger partial charge on any atom is -0.367 e. The predicted molar refractivity (Wildman–Crippen MR) is 123 cm³/mol. The van der Waals surface area contributed by atoms with Gasteiger partial charge in [-0.1, -0.05) is 26.8 Å². The molecule has 0 aromatic heterocycles. The summed E-state index contributed by atoms with van der Waals surface area (Å²) < 4.78 is 23.6. The Morgan fingerprint density at radius 3 is 2.27 bits per heavy atom. The van der Waals surface area contributed by atoms with E-state index >= 15 is 0 Å². The van der Waals surface area contributed by atoms with E-state index in [4.69, 9.17) is 0 Å². The molecular formula is C24H32N2O3S. The zero-order chi connectivity index (χ0) is 22.3. The summed E-state index contributed by atoms with van der Waals surface area (Å²) in [7, 11) is -3.19. The van der Waals surface area contributed by atoms with Crippen LogP contribution in [0, 0.1) is 19.3 Å². The molecule has 0 bridgehead atoms. The summed E-state index contributed by atoms with van der Waals surface area (Å²) in [6, 6.07) is 9.68. The minimum absolute atomic E-state index is 0.0371. The molecule has 162 valence electrons. The third-order valence-corrected chi connectivity index (χ3v) is 6.57. The van der Waals surface area contributed by atoms with Crippen molar-refractivity contribution in [2.24, 2.45) is 5.41 Å². The zero-order valence-corrected chi connectivity index (χ0v) is 19.6. The highest BCUT2D eigenvalue weighted by Crippen LogP contribution is 2.32. The van der Waals surface area contributed by atoms with Crippen LogP contribution in [0.5, 0.6) is 0 Å². The Balaban J connectivity index is 1.80. The summed E-state index contributed by atoms with van der Waals surface area (Å²) in [6.45, 7) is 11.8. The number of amides is 1. The van der Waals surface area contributed by atoms with Gasteiger partial charge in [-0.3, -0.25) is 4.79 Å². The lowest BCUT2D eigenvalue weighted by Crippen LogP contribution is -2.30. The van der Waals surface area contributed by atoms with Crippen LogP contribution in [-0.4, -0.2) is 27.1 Å². The Morgan fingerprint density at radius 2 is 1.70 bits per heavy atom. The van der Waals surface area contributed by atoms with Crippen LogP contribution in [0.4, 0.5) is 11.4 Å². The Hall–Kier alpha value is -2.34. The van der Waals surface area contributed by atoms with Crippen molar-refractivity contribution in [3.05, 3.63) is 52.6 Å². The average molecular weight is 429 g/mol. The molecule has 6 heteroatoms. The van der Waals surface area contributed by atoms with Crippen LogP contribution >= 0.6 is 0 Å². The van der Waals surface area contributed by atoms with Gasteiger partial charge in [0.25, 0.3) is 0 Å². The van der Waals surface area contributed by atoms with Gasteiger partial charge in [0.1, 0.15) is 0 Å². The maximum atomic E-state index is 12.4. The quantitative estimate of drug-likeness (QED) is 0.770. The van der Waals surface area contributed by atoms with Crippen LogP contribution in [-0.2, 0) is 27.6 Å². The van der Waals surface area contributed by atoms with Gasteiger partial charge in [0.15, 0.2) is 9.84 Å². The van der Waals surface area contributed by atoms with Gasteiger partial charge in [0, 0.05) is 37.1 Å². The molecule has 1 heterocycles. The van der Waals surface area contributed by atoms with Gasteiger partial charge < -0.3 is 10.2 Å². The molecule has 2 aromatic rings. The summed E-state index contributed by atoms with van der Waals surface area (Å²) in [5.74, 6) is 0.0371. The van der Waals surface area contributed by atoms with Crippen molar-refractivity contribution in [1.82, 2.24) is 0 Å². The second kappa shape index (κ2) is 8.06. The normalized spacial score (nSPS) is 14.4. The molecule has 0 spiro atoms. The van der Waals surface area contributed by atoms with Crippen LogP contribution in [0.3, 0.4) is 0 Å². The number of hydrogen-bond acceptors (Lipinski definition) is 4. The highest BCUT2D eigenvalue weighted by atomic mass is 32.2. The second-order valence-corrected chi connectivity index (χ2v) is 11.6. The van der Waals surface area contributed by atoms with Gasteiger partial charge in [0.2, 0.25) is 5.91 Å². The number of hydrogen-bond donors (Lipinski definition) is 1. The number of anilines is 2. The molecule has 0 unspecified atom stereocenters. The molecule has 2 aromatic carbocycles. The second-order valence-electron chi connectivity index (χ2n) is 9.61. The molecule has 0 saturated carbocycles. The number of fused-ring (bicyclic) bond motifs is 1. The first-order valence-corrected chi connectivity index (χ1v) is 12.2. The highest BCUT2D eigenvalue weighted by Gasteiger charge is 2.21. The van der Waals surface area contributed by atoms with E-state index in [1.54, 1.807) is 6.07 Å². The van der Waals surface area contributed by atoms with Crippen molar-refractivity contribution >= 4 is 27.1 Å². The number of carbonyl (C=O) groups is 1. The number of aryl methyl sites for hydroxylation is 2. The first-order valence-electron chi connectivity index (χ1n) is 10.3. The standard InChI is InChI=1S/C24H32N2O3S/c1-16-11-20(12-17(2)23(16)25-22(27)14-24(3,4)5)26-10-9-18-13-21(30(6,28)29)8-7-19(18)15-26/h7-8,11-13H,9-10,14-15H2,1-6H3,(H,25,27). The van der Waals surface area contributed by atoms with Gasteiger partial charge in [-0.15, -0.1) is 0 Å². The van der Waals surface area contributed by atoms with Crippen molar-refractivity contribution in [3.8, 4) is 0 Å². The molecule has 0 aliphatic carbocycles. The van der Waals surface area contributed by atoms with Crippen molar-refractivity contribution in [2.45, 2.75) is 58.9 Å². The monoisotopic (exact) mass is 428 g/mol. The highest BCUT2D eigenvalue weighted by molar-refractivity contribution is 7.90. The molecule has 3 rings (SSSR count). The Kier molecular flexibility index (Phi) is 6.01. The lowest BCUT2D eigenvalue weighted by atomic mass is 9.92. The molecule has 0 saturated heterocycles. The van der Waals surface area contributed by atoms with E-state index in [1.807, 2.05) is 26.0 Å². The SMILES string of the molecule is Cc1cc(N2CCc3cc(S(C)(=O)=O)ccc3C2)cc(C)c1NC(=O)CC(C)(C)C. The maximum Gasteiger partial charge on any atom is 0.224 e. The molecule has 5 nitrogen and oxygen atoms in total. The van der Waals surface area contributed by atoms with E-state index in [1.165, 1.54) is 6.26 Å². The summed E-state index contributed by atoms with van der Waals surface area (Å²) in [5.41, 5.74) is 6.32. The Bertz CT molecular complexity index is 1060. The fourth-order valence-electron chi connectivity index (χ4n) is 3.97. The van der Waals surface area contributed by atoms with Gasteiger partial charge in [0.05, 0.1) is 4.90 Å². The van der Waals surface area contributed by atoms with Crippen molar-refractivity contribution in [3.63, 3.8) is 0 Å². The van der Waals surface area contributed by atoms with E-state index in [9.17, 15) is 13.2 Å². The van der Waals surface area contributed by atoms with Gasteiger partial charge >= 0.3 is 0 Å². The third-order valence-electron chi connectivity index (χ3n) is 5.46. The third kappa shape index (κ3) is 5.22. The number of benzene rings is 2. The number of nitrogens with zero attached hydrogens (tertiary/aromatic N) is 1. The lowest BCUT2D eigenvalue weighted by molar-refractivity contribution is -0.117. The molecule has 0 radical (unpaired) electrons. The van der Waals surface area contributed by atoms with Crippen LogP contribution in [0.25, 0.3) is 0 Å². The smallest absolute Gasteiger partial charge is 0.224 e. The van der Waals surface area contributed by atoms with Gasteiger partial charge in [-0.25, -0.2) is 8.42 Å². The summed E-state index contributed by atoms with van der Waals surface area (Å²) in [6.07, 6.45) is 2.53. The first kappa shape index (κ1) is 22.3.